The summed E-state index contributed by atoms with van der Waals surface area (Å²) in [6.07, 6.45) is 5.52. The van der Waals surface area contributed by atoms with Crippen molar-refractivity contribution in [3.63, 3.8) is 0 Å². The average molecular weight is 318 g/mol. The molecule has 120 valence electrons. The summed E-state index contributed by atoms with van der Waals surface area (Å²) in [6.45, 7) is 3.54. The molecule has 1 N–H and O–H groups in total. The average Bonchev–Trinajstić information content (AvgIpc) is 3.12. The third kappa shape index (κ3) is 3.54. The molecule has 3 atom stereocenters. The van der Waals surface area contributed by atoms with E-state index in [1.807, 2.05) is 19.1 Å². The Hall–Kier alpha value is -1.29. The van der Waals surface area contributed by atoms with Gasteiger partial charge in [-0.1, -0.05) is 18.6 Å². The van der Waals surface area contributed by atoms with Crippen LogP contribution >= 0.6 is 12.2 Å². The SMILES string of the molecule is CCOc1ccc(CN(C)C(=S)N[C@H]2C[C@@H]3CC[C@@H]2C3)cc1. The molecule has 0 heterocycles. The van der Waals surface area contributed by atoms with Crippen LogP contribution in [0.25, 0.3) is 0 Å². The number of thiocarbonyl (C=S) groups is 1. The molecule has 3 rings (SSSR count). The van der Waals surface area contributed by atoms with Crippen LogP contribution in [-0.2, 0) is 6.54 Å². The molecule has 0 aliphatic heterocycles. The predicted molar refractivity (Wildman–Crippen MR) is 94.0 cm³/mol. The van der Waals surface area contributed by atoms with Crippen LogP contribution in [-0.4, -0.2) is 29.7 Å². The lowest BCUT2D eigenvalue weighted by Crippen LogP contribution is -2.44. The fourth-order valence-electron chi connectivity index (χ4n) is 3.89. The lowest BCUT2D eigenvalue weighted by Gasteiger charge is -2.28. The van der Waals surface area contributed by atoms with Crippen LogP contribution in [0, 0.1) is 11.8 Å². The van der Waals surface area contributed by atoms with Crippen molar-refractivity contribution >= 4 is 17.3 Å². The molecule has 0 aromatic heterocycles. The summed E-state index contributed by atoms with van der Waals surface area (Å²) in [4.78, 5) is 2.14. The van der Waals surface area contributed by atoms with Crippen molar-refractivity contribution in [3.05, 3.63) is 29.8 Å². The number of nitrogens with one attached hydrogen (secondary N) is 1. The minimum Gasteiger partial charge on any atom is -0.494 e. The van der Waals surface area contributed by atoms with Crippen LogP contribution in [0.4, 0.5) is 0 Å². The van der Waals surface area contributed by atoms with Gasteiger partial charge in [-0.05, 0) is 67.9 Å². The van der Waals surface area contributed by atoms with E-state index in [0.717, 1.165) is 29.2 Å². The Morgan fingerprint density at radius 2 is 2.05 bits per heavy atom. The van der Waals surface area contributed by atoms with Crippen molar-refractivity contribution < 1.29 is 4.74 Å². The Bertz CT molecular complexity index is 516. The zero-order chi connectivity index (χ0) is 15.5. The van der Waals surface area contributed by atoms with Crippen LogP contribution in [0.5, 0.6) is 5.75 Å². The van der Waals surface area contributed by atoms with Crippen LogP contribution in [0.1, 0.15) is 38.2 Å². The molecule has 1 aromatic rings. The minimum atomic E-state index is 0.606. The normalized spacial score (nSPS) is 26.0. The Morgan fingerprint density at radius 1 is 1.27 bits per heavy atom. The van der Waals surface area contributed by atoms with Crippen LogP contribution in [0.15, 0.2) is 24.3 Å². The van der Waals surface area contributed by atoms with E-state index in [-0.39, 0.29) is 0 Å². The van der Waals surface area contributed by atoms with Gasteiger partial charge in [-0.3, -0.25) is 0 Å². The zero-order valence-electron chi connectivity index (χ0n) is 13.5. The first-order valence-corrected chi connectivity index (χ1v) is 8.80. The molecule has 0 amide bonds. The molecule has 2 saturated carbocycles. The minimum absolute atomic E-state index is 0.606. The van der Waals surface area contributed by atoms with Gasteiger partial charge in [-0.2, -0.15) is 0 Å². The maximum Gasteiger partial charge on any atom is 0.169 e. The van der Waals surface area contributed by atoms with Crippen LogP contribution < -0.4 is 10.1 Å². The molecule has 22 heavy (non-hydrogen) atoms. The molecule has 0 spiro atoms. The molecule has 2 aliphatic carbocycles. The Morgan fingerprint density at radius 3 is 2.64 bits per heavy atom. The highest BCUT2D eigenvalue weighted by atomic mass is 32.1. The second-order valence-corrected chi connectivity index (χ2v) is 7.05. The monoisotopic (exact) mass is 318 g/mol. The first kappa shape index (κ1) is 15.6. The van der Waals surface area contributed by atoms with E-state index in [0.29, 0.717) is 12.6 Å². The molecule has 0 radical (unpaired) electrons. The first-order valence-electron chi connectivity index (χ1n) is 8.39. The third-order valence-electron chi connectivity index (χ3n) is 5.05. The second kappa shape index (κ2) is 6.86. The first-order chi connectivity index (χ1) is 10.7. The molecule has 0 saturated heterocycles. The molecule has 1 aromatic carbocycles. The van der Waals surface area contributed by atoms with Crippen molar-refractivity contribution in [2.75, 3.05) is 13.7 Å². The van der Waals surface area contributed by atoms with Gasteiger partial charge in [-0.15, -0.1) is 0 Å². The topological polar surface area (TPSA) is 24.5 Å². The van der Waals surface area contributed by atoms with E-state index >= 15 is 0 Å². The Kier molecular flexibility index (Phi) is 4.87. The molecular weight excluding hydrogens is 292 g/mol. The summed E-state index contributed by atoms with van der Waals surface area (Å²) in [5.74, 6) is 2.72. The van der Waals surface area contributed by atoms with Crippen LogP contribution in [0.2, 0.25) is 0 Å². The molecule has 2 bridgehead atoms. The number of nitrogens with zero attached hydrogens (tertiary/aromatic N) is 1. The van der Waals surface area contributed by atoms with E-state index in [1.165, 1.54) is 31.2 Å². The maximum atomic E-state index is 5.59. The van der Waals surface area contributed by atoms with Crippen molar-refractivity contribution in [3.8, 4) is 5.75 Å². The summed E-state index contributed by atoms with van der Waals surface area (Å²) in [5, 5.41) is 4.48. The molecule has 3 nitrogen and oxygen atoms in total. The number of ether oxygens (including phenoxy) is 1. The smallest absolute Gasteiger partial charge is 0.169 e. The number of benzene rings is 1. The van der Waals surface area contributed by atoms with Gasteiger partial charge in [0.15, 0.2) is 5.11 Å². The molecule has 4 heteroatoms. The maximum absolute atomic E-state index is 5.59. The second-order valence-electron chi connectivity index (χ2n) is 6.66. The van der Waals surface area contributed by atoms with Crippen molar-refractivity contribution in [2.24, 2.45) is 11.8 Å². The summed E-state index contributed by atoms with van der Waals surface area (Å²) in [7, 11) is 2.07. The standard InChI is InChI=1S/C18H26N2OS/c1-3-21-16-8-5-13(6-9-16)12-20(2)18(22)19-17-11-14-4-7-15(17)10-14/h5-6,8-9,14-15,17H,3-4,7,10-12H2,1-2H3,(H,19,22)/t14-,15-,17+/m1/s1. The van der Waals surface area contributed by atoms with Gasteiger partial charge in [0.2, 0.25) is 0 Å². The van der Waals surface area contributed by atoms with E-state index in [4.69, 9.17) is 17.0 Å². The van der Waals surface area contributed by atoms with Gasteiger partial charge in [0, 0.05) is 19.6 Å². The largest absolute Gasteiger partial charge is 0.494 e. The summed E-state index contributed by atoms with van der Waals surface area (Å²) >= 11 is 5.59. The van der Waals surface area contributed by atoms with E-state index in [1.54, 1.807) is 0 Å². The quantitative estimate of drug-likeness (QED) is 0.839. The van der Waals surface area contributed by atoms with Crippen molar-refractivity contribution in [2.45, 2.75) is 45.2 Å². The molecule has 2 fully saturated rings. The van der Waals surface area contributed by atoms with Crippen molar-refractivity contribution in [1.29, 1.82) is 0 Å². The zero-order valence-corrected chi connectivity index (χ0v) is 14.4. The van der Waals surface area contributed by atoms with Gasteiger partial charge < -0.3 is 15.0 Å². The van der Waals surface area contributed by atoms with Gasteiger partial charge in [0.1, 0.15) is 5.75 Å². The van der Waals surface area contributed by atoms with E-state index < -0.39 is 0 Å². The van der Waals surface area contributed by atoms with Gasteiger partial charge in [-0.25, -0.2) is 0 Å². The summed E-state index contributed by atoms with van der Waals surface area (Å²) in [6, 6.07) is 8.88. The molecule has 0 unspecified atom stereocenters. The van der Waals surface area contributed by atoms with Gasteiger partial charge >= 0.3 is 0 Å². The number of hydrogen-bond donors (Lipinski definition) is 1. The lowest BCUT2D eigenvalue weighted by atomic mass is 9.95. The highest BCUT2D eigenvalue weighted by molar-refractivity contribution is 7.80. The highest BCUT2D eigenvalue weighted by Gasteiger charge is 2.39. The Balaban J connectivity index is 1.50. The number of hydrogen-bond acceptors (Lipinski definition) is 2. The fourth-order valence-corrected chi connectivity index (χ4v) is 4.11. The number of fused-ring (bicyclic) bond motifs is 2. The van der Waals surface area contributed by atoms with Crippen molar-refractivity contribution in [1.82, 2.24) is 10.2 Å². The Labute approximate surface area is 139 Å². The van der Waals surface area contributed by atoms with Crippen LogP contribution in [0.3, 0.4) is 0 Å². The van der Waals surface area contributed by atoms with Gasteiger partial charge in [0.25, 0.3) is 0 Å². The molecular formula is C18H26N2OS. The van der Waals surface area contributed by atoms with E-state index in [9.17, 15) is 0 Å². The predicted octanol–water partition coefficient (Wildman–Crippen LogP) is 3.58. The van der Waals surface area contributed by atoms with E-state index in [2.05, 4.69) is 29.4 Å². The summed E-state index contributed by atoms with van der Waals surface area (Å²) < 4.78 is 5.48. The lowest BCUT2D eigenvalue weighted by molar-refractivity contribution is 0.340. The fraction of sp³-hybridized carbons (Fsp3) is 0.611. The number of rotatable bonds is 5. The summed E-state index contributed by atoms with van der Waals surface area (Å²) in [5.41, 5.74) is 1.25. The third-order valence-corrected chi connectivity index (χ3v) is 5.48. The molecule has 2 aliphatic rings. The van der Waals surface area contributed by atoms with Gasteiger partial charge in [0.05, 0.1) is 6.61 Å². The highest BCUT2D eigenvalue weighted by Crippen LogP contribution is 2.44.